The van der Waals surface area contributed by atoms with Gasteiger partial charge in [0.25, 0.3) is 0 Å². The zero-order chi connectivity index (χ0) is 14.3. The minimum absolute atomic E-state index is 0.681. The van der Waals surface area contributed by atoms with E-state index in [1.807, 2.05) is 0 Å². The molecule has 19 heavy (non-hydrogen) atoms. The van der Waals surface area contributed by atoms with Crippen molar-refractivity contribution in [3.63, 3.8) is 0 Å². The van der Waals surface area contributed by atoms with Gasteiger partial charge in [-0.1, -0.05) is 33.8 Å². The molecule has 0 saturated carbocycles. The highest BCUT2D eigenvalue weighted by atomic mass is 15.1. The average molecular weight is 263 g/mol. The SMILES string of the molecule is CC(C)CNCc1cccc(CN(C)CC(C)C)n1. The van der Waals surface area contributed by atoms with Crippen molar-refractivity contribution in [3.8, 4) is 0 Å². The standard InChI is InChI=1S/C16H29N3/c1-13(2)9-17-10-15-7-6-8-16(18-15)12-19(5)11-14(3)4/h6-8,13-14,17H,9-12H2,1-5H3. The normalized spacial score (nSPS) is 11.8. The molecule has 0 fully saturated rings. The van der Waals surface area contributed by atoms with Crippen LogP contribution < -0.4 is 5.32 Å². The van der Waals surface area contributed by atoms with E-state index in [0.717, 1.165) is 37.6 Å². The van der Waals surface area contributed by atoms with Gasteiger partial charge in [-0.25, -0.2) is 0 Å². The van der Waals surface area contributed by atoms with Crippen molar-refractivity contribution in [2.75, 3.05) is 20.1 Å². The van der Waals surface area contributed by atoms with Crippen molar-refractivity contribution in [3.05, 3.63) is 29.6 Å². The molecule has 3 nitrogen and oxygen atoms in total. The fourth-order valence-electron chi connectivity index (χ4n) is 2.17. The van der Waals surface area contributed by atoms with Gasteiger partial charge in [-0.3, -0.25) is 4.98 Å². The lowest BCUT2D eigenvalue weighted by Crippen LogP contribution is -2.24. The van der Waals surface area contributed by atoms with Crippen molar-refractivity contribution in [1.82, 2.24) is 15.2 Å². The fourth-order valence-corrected chi connectivity index (χ4v) is 2.17. The summed E-state index contributed by atoms with van der Waals surface area (Å²) in [7, 11) is 2.16. The van der Waals surface area contributed by atoms with E-state index >= 15 is 0 Å². The maximum absolute atomic E-state index is 4.71. The number of nitrogens with one attached hydrogen (secondary N) is 1. The lowest BCUT2D eigenvalue weighted by Gasteiger charge is -2.18. The van der Waals surface area contributed by atoms with Crippen molar-refractivity contribution >= 4 is 0 Å². The molecule has 0 spiro atoms. The Labute approximate surface area is 118 Å². The van der Waals surface area contributed by atoms with Crippen LogP contribution in [0.4, 0.5) is 0 Å². The first kappa shape index (κ1) is 16.1. The largest absolute Gasteiger partial charge is 0.311 e. The first-order valence-corrected chi connectivity index (χ1v) is 7.31. The Balaban J connectivity index is 2.47. The lowest BCUT2D eigenvalue weighted by atomic mass is 10.2. The second kappa shape index (κ2) is 8.28. The highest BCUT2D eigenvalue weighted by Crippen LogP contribution is 2.05. The zero-order valence-corrected chi connectivity index (χ0v) is 13.1. The van der Waals surface area contributed by atoms with Gasteiger partial charge < -0.3 is 10.2 Å². The van der Waals surface area contributed by atoms with Crippen molar-refractivity contribution in [2.45, 2.75) is 40.8 Å². The van der Waals surface area contributed by atoms with Crippen molar-refractivity contribution in [2.24, 2.45) is 11.8 Å². The summed E-state index contributed by atoms with van der Waals surface area (Å²) in [5, 5.41) is 3.44. The highest BCUT2D eigenvalue weighted by molar-refractivity contribution is 5.11. The van der Waals surface area contributed by atoms with Crippen LogP contribution in [0, 0.1) is 11.8 Å². The predicted octanol–water partition coefficient (Wildman–Crippen LogP) is 2.92. The molecule has 0 bridgehead atoms. The first-order chi connectivity index (χ1) is 8.97. The Morgan fingerprint density at radius 2 is 1.79 bits per heavy atom. The van der Waals surface area contributed by atoms with E-state index in [0.29, 0.717) is 11.8 Å². The molecule has 0 aliphatic carbocycles. The van der Waals surface area contributed by atoms with Crippen LogP contribution in [-0.4, -0.2) is 30.0 Å². The molecule has 0 radical (unpaired) electrons. The monoisotopic (exact) mass is 263 g/mol. The van der Waals surface area contributed by atoms with E-state index in [2.05, 4.69) is 63.2 Å². The van der Waals surface area contributed by atoms with Crippen LogP contribution in [0.5, 0.6) is 0 Å². The molecule has 0 aliphatic rings. The number of nitrogens with zero attached hydrogens (tertiary/aromatic N) is 2. The van der Waals surface area contributed by atoms with E-state index in [-0.39, 0.29) is 0 Å². The maximum Gasteiger partial charge on any atom is 0.0547 e. The second-order valence-electron chi connectivity index (χ2n) is 6.24. The molecule has 1 rings (SSSR count). The van der Waals surface area contributed by atoms with Gasteiger partial charge in [0.1, 0.15) is 0 Å². The Hall–Kier alpha value is -0.930. The summed E-state index contributed by atoms with van der Waals surface area (Å²) < 4.78 is 0. The molecule has 1 N–H and O–H groups in total. The summed E-state index contributed by atoms with van der Waals surface area (Å²) in [5.41, 5.74) is 2.29. The average Bonchev–Trinajstić information content (AvgIpc) is 2.27. The van der Waals surface area contributed by atoms with Crippen molar-refractivity contribution in [1.29, 1.82) is 0 Å². The van der Waals surface area contributed by atoms with Gasteiger partial charge >= 0.3 is 0 Å². The summed E-state index contributed by atoms with van der Waals surface area (Å²) in [5.74, 6) is 1.38. The highest BCUT2D eigenvalue weighted by Gasteiger charge is 2.05. The maximum atomic E-state index is 4.71. The summed E-state index contributed by atoms with van der Waals surface area (Å²) in [6, 6.07) is 6.32. The van der Waals surface area contributed by atoms with Crippen LogP contribution in [-0.2, 0) is 13.1 Å². The first-order valence-electron chi connectivity index (χ1n) is 7.31. The molecule has 108 valence electrons. The van der Waals surface area contributed by atoms with Gasteiger partial charge in [0.15, 0.2) is 0 Å². The molecule has 0 amide bonds. The van der Waals surface area contributed by atoms with Gasteiger partial charge in [0, 0.05) is 19.6 Å². The van der Waals surface area contributed by atoms with Crippen LogP contribution in [0.15, 0.2) is 18.2 Å². The topological polar surface area (TPSA) is 28.2 Å². The number of hydrogen-bond acceptors (Lipinski definition) is 3. The fraction of sp³-hybridized carbons (Fsp3) is 0.688. The molecule has 0 atom stereocenters. The molecule has 1 aromatic heterocycles. The Bertz CT molecular complexity index is 361. The van der Waals surface area contributed by atoms with Crippen molar-refractivity contribution < 1.29 is 0 Å². The minimum Gasteiger partial charge on any atom is -0.311 e. The zero-order valence-electron chi connectivity index (χ0n) is 13.1. The van der Waals surface area contributed by atoms with Gasteiger partial charge in [-0.05, 0) is 37.6 Å². The van der Waals surface area contributed by atoms with Gasteiger partial charge in [0.2, 0.25) is 0 Å². The number of aromatic nitrogens is 1. The quantitative estimate of drug-likeness (QED) is 0.781. The predicted molar refractivity (Wildman–Crippen MR) is 82.0 cm³/mol. The molecule has 0 aliphatic heterocycles. The van der Waals surface area contributed by atoms with Crippen LogP contribution in [0.1, 0.15) is 39.1 Å². The van der Waals surface area contributed by atoms with Crippen LogP contribution >= 0.6 is 0 Å². The molecule has 0 unspecified atom stereocenters. The van der Waals surface area contributed by atoms with E-state index in [1.54, 1.807) is 0 Å². The smallest absolute Gasteiger partial charge is 0.0547 e. The summed E-state index contributed by atoms with van der Waals surface area (Å²) >= 11 is 0. The Morgan fingerprint density at radius 1 is 1.11 bits per heavy atom. The molecular formula is C16H29N3. The van der Waals surface area contributed by atoms with E-state index in [4.69, 9.17) is 4.98 Å². The summed E-state index contributed by atoms with van der Waals surface area (Å²) in [6.45, 7) is 12.9. The number of hydrogen-bond donors (Lipinski definition) is 1. The Morgan fingerprint density at radius 3 is 2.42 bits per heavy atom. The number of pyridine rings is 1. The van der Waals surface area contributed by atoms with E-state index in [9.17, 15) is 0 Å². The van der Waals surface area contributed by atoms with E-state index in [1.165, 1.54) is 0 Å². The molecule has 1 heterocycles. The molecular weight excluding hydrogens is 234 g/mol. The third kappa shape index (κ3) is 7.28. The molecule has 1 aromatic rings. The second-order valence-corrected chi connectivity index (χ2v) is 6.24. The van der Waals surface area contributed by atoms with Crippen LogP contribution in [0.2, 0.25) is 0 Å². The summed E-state index contributed by atoms with van der Waals surface area (Å²) in [4.78, 5) is 7.04. The van der Waals surface area contributed by atoms with Gasteiger partial charge in [0.05, 0.1) is 11.4 Å². The molecule has 0 saturated heterocycles. The van der Waals surface area contributed by atoms with Gasteiger partial charge in [-0.2, -0.15) is 0 Å². The lowest BCUT2D eigenvalue weighted by molar-refractivity contribution is 0.285. The van der Waals surface area contributed by atoms with Crippen LogP contribution in [0.3, 0.4) is 0 Å². The molecule has 3 heteroatoms. The molecule has 0 aromatic carbocycles. The summed E-state index contributed by atoms with van der Waals surface area (Å²) in [6.07, 6.45) is 0. The van der Waals surface area contributed by atoms with Crippen LogP contribution in [0.25, 0.3) is 0 Å². The van der Waals surface area contributed by atoms with E-state index < -0.39 is 0 Å². The third-order valence-electron chi connectivity index (χ3n) is 2.83. The minimum atomic E-state index is 0.681. The third-order valence-corrected chi connectivity index (χ3v) is 2.83. The number of rotatable bonds is 8. The Kier molecular flexibility index (Phi) is 7.03. The van der Waals surface area contributed by atoms with Gasteiger partial charge in [-0.15, -0.1) is 0 Å².